The number of nitro benzene ring substituents is 1. The molecule has 3 rings (SSSR count). The van der Waals surface area contributed by atoms with Crippen LogP contribution in [0.1, 0.15) is 25.2 Å². The van der Waals surface area contributed by atoms with Gasteiger partial charge in [0.2, 0.25) is 5.75 Å². The first-order valence-electron chi connectivity index (χ1n) is 9.64. The summed E-state index contributed by atoms with van der Waals surface area (Å²) in [5, 5.41) is 16.3. The number of hydrogen-bond donors (Lipinski definition) is 0. The summed E-state index contributed by atoms with van der Waals surface area (Å²) in [7, 11) is 1.19. The standard InChI is InChI=1S/C21H18Br2N4O6/c1-4-18-25-16-6-5-13(22)9-14(16)20(28)26(18)24-10-12-7-15(23)19(17(8-12)27(30)31)33-11(2)21(29)32-3/h5-11H,4H2,1-3H3/t11-/m0/s1. The average molecular weight is 582 g/mol. The minimum Gasteiger partial charge on any atom is -0.471 e. The minimum atomic E-state index is -1.06. The molecule has 0 aliphatic carbocycles. The van der Waals surface area contributed by atoms with E-state index in [0.717, 1.165) is 9.15 Å². The number of methoxy groups -OCH3 is 1. The van der Waals surface area contributed by atoms with Gasteiger partial charge in [0.15, 0.2) is 6.10 Å². The fourth-order valence-electron chi connectivity index (χ4n) is 2.98. The molecule has 2 aromatic carbocycles. The van der Waals surface area contributed by atoms with Crippen molar-refractivity contribution in [2.45, 2.75) is 26.4 Å². The molecule has 3 aromatic rings. The lowest BCUT2D eigenvalue weighted by molar-refractivity contribution is -0.386. The van der Waals surface area contributed by atoms with Crippen LogP contribution in [0.4, 0.5) is 5.69 Å². The Morgan fingerprint density at radius 1 is 1.33 bits per heavy atom. The third-order valence-corrected chi connectivity index (χ3v) is 5.67. The molecule has 0 aliphatic heterocycles. The highest BCUT2D eigenvalue weighted by molar-refractivity contribution is 9.10. The molecule has 0 bridgehead atoms. The number of esters is 1. The lowest BCUT2D eigenvalue weighted by atomic mass is 10.2. The highest BCUT2D eigenvalue weighted by Crippen LogP contribution is 2.37. The molecule has 1 heterocycles. The van der Waals surface area contributed by atoms with Crippen molar-refractivity contribution < 1.29 is 19.2 Å². The maximum Gasteiger partial charge on any atom is 0.346 e. The van der Waals surface area contributed by atoms with Crippen LogP contribution >= 0.6 is 31.9 Å². The molecule has 0 aliphatic rings. The van der Waals surface area contributed by atoms with E-state index in [-0.39, 0.29) is 21.5 Å². The van der Waals surface area contributed by atoms with Gasteiger partial charge in [-0.1, -0.05) is 22.9 Å². The highest BCUT2D eigenvalue weighted by Gasteiger charge is 2.25. The van der Waals surface area contributed by atoms with E-state index >= 15 is 0 Å². The number of hydrogen-bond acceptors (Lipinski definition) is 8. The molecule has 0 N–H and O–H groups in total. The van der Waals surface area contributed by atoms with Crippen LogP contribution in [0.5, 0.6) is 5.75 Å². The number of ether oxygens (including phenoxy) is 2. The van der Waals surface area contributed by atoms with E-state index in [2.05, 4.69) is 46.7 Å². The number of carbonyl (C=O) groups excluding carboxylic acids is 1. The first kappa shape index (κ1) is 24.5. The van der Waals surface area contributed by atoms with Crippen LogP contribution in [0.15, 0.2) is 49.2 Å². The molecule has 1 aromatic heterocycles. The van der Waals surface area contributed by atoms with E-state index in [1.165, 1.54) is 32.4 Å². The molecule has 0 saturated heterocycles. The van der Waals surface area contributed by atoms with Gasteiger partial charge in [0, 0.05) is 22.5 Å². The monoisotopic (exact) mass is 580 g/mol. The van der Waals surface area contributed by atoms with Gasteiger partial charge in [-0.05, 0) is 47.1 Å². The lowest BCUT2D eigenvalue weighted by Gasteiger charge is -2.14. The van der Waals surface area contributed by atoms with E-state index in [0.29, 0.717) is 28.7 Å². The van der Waals surface area contributed by atoms with Gasteiger partial charge in [-0.3, -0.25) is 14.9 Å². The van der Waals surface area contributed by atoms with Gasteiger partial charge in [0.05, 0.1) is 33.6 Å². The van der Waals surface area contributed by atoms with Gasteiger partial charge in [0.1, 0.15) is 5.82 Å². The predicted molar refractivity (Wildman–Crippen MR) is 129 cm³/mol. The molecular formula is C21H18Br2N4O6. The Kier molecular flexibility index (Phi) is 7.59. The molecule has 1 atom stereocenters. The molecule has 0 fully saturated rings. The number of aryl methyl sites for hydroxylation is 1. The topological polar surface area (TPSA) is 126 Å². The zero-order chi connectivity index (χ0) is 24.3. The summed E-state index contributed by atoms with van der Waals surface area (Å²) >= 11 is 6.59. The predicted octanol–water partition coefficient (Wildman–Crippen LogP) is 4.21. The molecule has 172 valence electrons. The van der Waals surface area contributed by atoms with Crippen LogP contribution in [0.2, 0.25) is 0 Å². The maximum atomic E-state index is 13.0. The van der Waals surface area contributed by atoms with E-state index in [9.17, 15) is 19.7 Å². The van der Waals surface area contributed by atoms with E-state index in [1.807, 2.05) is 6.92 Å². The number of rotatable bonds is 7. The van der Waals surface area contributed by atoms with Gasteiger partial charge in [0.25, 0.3) is 5.56 Å². The van der Waals surface area contributed by atoms with Crippen LogP contribution < -0.4 is 10.3 Å². The number of nitro groups is 1. The van der Waals surface area contributed by atoms with Crippen molar-refractivity contribution >= 4 is 60.6 Å². The third kappa shape index (κ3) is 5.28. The van der Waals surface area contributed by atoms with Crippen LogP contribution in [-0.2, 0) is 16.0 Å². The Hall–Kier alpha value is -3.12. The summed E-state index contributed by atoms with van der Waals surface area (Å²) in [6.07, 6.45) is 0.705. The average Bonchev–Trinajstić information content (AvgIpc) is 2.79. The molecule has 0 unspecified atom stereocenters. The van der Waals surface area contributed by atoms with Crippen molar-refractivity contribution in [3.63, 3.8) is 0 Å². The van der Waals surface area contributed by atoms with Gasteiger partial charge in [-0.2, -0.15) is 9.78 Å². The molecular weight excluding hydrogens is 564 g/mol. The van der Waals surface area contributed by atoms with E-state index in [1.54, 1.807) is 18.2 Å². The zero-order valence-corrected chi connectivity index (χ0v) is 20.9. The first-order valence-corrected chi connectivity index (χ1v) is 11.2. The second kappa shape index (κ2) is 10.2. The largest absolute Gasteiger partial charge is 0.471 e. The normalized spacial score (nSPS) is 12.2. The van der Waals surface area contributed by atoms with Gasteiger partial charge >= 0.3 is 11.7 Å². The van der Waals surface area contributed by atoms with Crippen LogP contribution in [-0.4, -0.2) is 40.0 Å². The summed E-state index contributed by atoms with van der Waals surface area (Å²) in [5.41, 5.74) is 0.126. The summed E-state index contributed by atoms with van der Waals surface area (Å²) < 4.78 is 12.2. The van der Waals surface area contributed by atoms with Crippen LogP contribution in [0.3, 0.4) is 0 Å². The van der Waals surface area contributed by atoms with Crippen molar-refractivity contribution in [3.05, 3.63) is 71.1 Å². The second-order valence-electron chi connectivity index (χ2n) is 6.80. The maximum absolute atomic E-state index is 13.0. The molecule has 0 radical (unpaired) electrons. The SMILES string of the molecule is CCc1nc2ccc(Br)cc2c(=O)n1N=Cc1cc(Br)c(O[C@@H](C)C(=O)OC)c([N+](=O)[O-])c1. The summed E-state index contributed by atoms with van der Waals surface area (Å²) in [4.78, 5) is 40.1. The molecule has 0 spiro atoms. The second-order valence-corrected chi connectivity index (χ2v) is 8.57. The molecule has 12 heteroatoms. The Morgan fingerprint density at radius 2 is 2.06 bits per heavy atom. The minimum absolute atomic E-state index is 0.126. The molecule has 0 amide bonds. The van der Waals surface area contributed by atoms with Crippen molar-refractivity contribution in [1.82, 2.24) is 9.66 Å². The number of halogens is 2. The Labute approximate surface area is 204 Å². The van der Waals surface area contributed by atoms with Crippen molar-refractivity contribution in [1.29, 1.82) is 0 Å². The Morgan fingerprint density at radius 3 is 2.70 bits per heavy atom. The number of carbonyl (C=O) groups is 1. The summed E-state index contributed by atoms with van der Waals surface area (Å²) in [6, 6.07) is 7.95. The van der Waals surface area contributed by atoms with Crippen LogP contribution in [0.25, 0.3) is 10.9 Å². The first-order chi connectivity index (χ1) is 15.7. The van der Waals surface area contributed by atoms with Crippen LogP contribution in [0, 0.1) is 10.1 Å². The summed E-state index contributed by atoms with van der Waals surface area (Å²) in [5.74, 6) is -0.367. The van der Waals surface area contributed by atoms with Gasteiger partial charge < -0.3 is 9.47 Å². The lowest BCUT2D eigenvalue weighted by Crippen LogP contribution is -2.25. The number of benzene rings is 2. The Balaban J connectivity index is 2.06. The zero-order valence-electron chi connectivity index (χ0n) is 17.7. The number of aromatic nitrogens is 2. The Bertz CT molecular complexity index is 1340. The fraction of sp³-hybridized carbons (Fsp3) is 0.238. The quantitative estimate of drug-likeness (QED) is 0.177. The fourth-order valence-corrected chi connectivity index (χ4v) is 3.91. The van der Waals surface area contributed by atoms with E-state index < -0.39 is 17.0 Å². The van der Waals surface area contributed by atoms with Gasteiger partial charge in [-0.15, -0.1) is 0 Å². The number of nitrogens with zero attached hydrogens (tertiary/aromatic N) is 4. The molecule has 33 heavy (non-hydrogen) atoms. The van der Waals surface area contributed by atoms with Crippen molar-refractivity contribution in [2.75, 3.05) is 7.11 Å². The van der Waals surface area contributed by atoms with Crippen molar-refractivity contribution in [3.8, 4) is 5.75 Å². The molecule has 0 saturated carbocycles. The molecule has 10 nitrogen and oxygen atoms in total. The highest BCUT2D eigenvalue weighted by atomic mass is 79.9. The number of fused-ring (bicyclic) bond motifs is 1. The van der Waals surface area contributed by atoms with Crippen molar-refractivity contribution in [2.24, 2.45) is 5.10 Å². The third-order valence-electron chi connectivity index (χ3n) is 4.58. The smallest absolute Gasteiger partial charge is 0.346 e. The van der Waals surface area contributed by atoms with Gasteiger partial charge in [-0.25, -0.2) is 9.78 Å². The van der Waals surface area contributed by atoms with E-state index in [4.69, 9.17) is 4.74 Å². The summed E-state index contributed by atoms with van der Waals surface area (Å²) in [6.45, 7) is 3.26.